The highest BCUT2D eigenvalue weighted by Crippen LogP contribution is 2.31. The zero-order chi connectivity index (χ0) is 22.5. The van der Waals surface area contributed by atoms with Crippen molar-refractivity contribution < 1.29 is 18.8 Å². The van der Waals surface area contributed by atoms with E-state index in [4.69, 9.17) is 14.0 Å². The molecule has 2 heterocycles. The molecule has 1 aliphatic rings. The number of hydrogen-bond acceptors (Lipinski definition) is 7. The minimum absolute atomic E-state index is 0.0525. The van der Waals surface area contributed by atoms with Gasteiger partial charge in [0.15, 0.2) is 0 Å². The Labute approximate surface area is 187 Å². The van der Waals surface area contributed by atoms with Crippen molar-refractivity contribution in [3.05, 3.63) is 48.5 Å². The lowest BCUT2D eigenvalue weighted by Gasteiger charge is -2.33. The number of methoxy groups -OCH3 is 1. The Kier molecular flexibility index (Phi) is 6.58. The zero-order valence-corrected chi connectivity index (χ0v) is 18.7. The van der Waals surface area contributed by atoms with E-state index < -0.39 is 0 Å². The molecule has 168 valence electrons. The number of hydrogen-bond donors (Lipinski definition) is 0. The van der Waals surface area contributed by atoms with Gasteiger partial charge in [-0.05, 0) is 56.2 Å². The number of amides is 1. The van der Waals surface area contributed by atoms with Gasteiger partial charge in [-0.2, -0.15) is 4.98 Å². The molecule has 1 aromatic heterocycles. The summed E-state index contributed by atoms with van der Waals surface area (Å²) in [6, 6.07) is 15.5. The van der Waals surface area contributed by atoms with Crippen LogP contribution in [-0.4, -0.2) is 49.9 Å². The average Bonchev–Trinajstić information content (AvgIpc) is 3.34. The van der Waals surface area contributed by atoms with Gasteiger partial charge in [0.2, 0.25) is 11.7 Å². The van der Waals surface area contributed by atoms with Crippen LogP contribution < -0.4 is 19.3 Å². The molecule has 0 bridgehead atoms. The van der Waals surface area contributed by atoms with Gasteiger partial charge in [0.25, 0.3) is 0 Å². The molecule has 8 heteroatoms. The Morgan fingerprint density at radius 1 is 1.22 bits per heavy atom. The summed E-state index contributed by atoms with van der Waals surface area (Å²) in [5.41, 5.74) is 1.62. The van der Waals surface area contributed by atoms with Gasteiger partial charge in [-0.3, -0.25) is 4.79 Å². The molecule has 1 atom stereocenters. The van der Waals surface area contributed by atoms with E-state index in [1.165, 1.54) is 0 Å². The summed E-state index contributed by atoms with van der Waals surface area (Å²) in [5.74, 6) is 1.87. The standard InChI is InChI=1S/C24H28N4O4/c1-4-31-21-10-6-5-9-20(21)27(2)23(29)18-8-7-15-28(16-18)24-25-22(26-32-24)17-11-13-19(30-3)14-12-17/h5-6,9-14,18H,4,7-8,15-16H2,1-3H3/t18-/m1/s1. The van der Waals surface area contributed by atoms with E-state index in [2.05, 4.69) is 10.1 Å². The minimum Gasteiger partial charge on any atom is -0.497 e. The van der Waals surface area contributed by atoms with Crippen molar-refractivity contribution in [2.24, 2.45) is 5.92 Å². The van der Waals surface area contributed by atoms with Gasteiger partial charge in [-0.15, -0.1) is 0 Å². The van der Waals surface area contributed by atoms with Crippen LogP contribution in [0.4, 0.5) is 11.7 Å². The van der Waals surface area contributed by atoms with Gasteiger partial charge in [0.1, 0.15) is 11.5 Å². The second kappa shape index (κ2) is 9.72. The van der Waals surface area contributed by atoms with Crippen molar-refractivity contribution in [3.63, 3.8) is 0 Å². The quantitative estimate of drug-likeness (QED) is 0.553. The van der Waals surface area contributed by atoms with Crippen molar-refractivity contribution in [2.45, 2.75) is 19.8 Å². The average molecular weight is 437 g/mol. The lowest BCUT2D eigenvalue weighted by molar-refractivity contribution is -0.122. The summed E-state index contributed by atoms with van der Waals surface area (Å²) < 4.78 is 16.4. The van der Waals surface area contributed by atoms with Crippen LogP contribution in [0.2, 0.25) is 0 Å². The zero-order valence-electron chi connectivity index (χ0n) is 18.7. The lowest BCUT2D eigenvalue weighted by Crippen LogP contribution is -2.44. The number of carbonyl (C=O) groups is 1. The largest absolute Gasteiger partial charge is 0.497 e. The highest BCUT2D eigenvalue weighted by Gasteiger charge is 2.31. The summed E-state index contributed by atoms with van der Waals surface area (Å²) in [5, 5.41) is 4.12. The molecular weight excluding hydrogens is 408 g/mol. The maximum absolute atomic E-state index is 13.3. The number of piperidine rings is 1. The van der Waals surface area contributed by atoms with Crippen LogP contribution in [0, 0.1) is 5.92 Å². The maximum Gasteiger partial charge on any atom is 0.324 e. The third-order valence-electron chi connectivity index (χ3n) is 5.66. The van der Waals surface area contributed by atoms with Gasteiger partial charge in [0, 0.05) is 25.7 Å². The van der Waals surface area contributed by atoms with Crippen LogP contribution in [0.3, 0.4) is 0 Å². The molecule has 0 N–H and O–H groups in total. The fraction of sp³-hybridized carbons (Fsp3) is 0.375. The fourth-order valence-corrected chi connectivity index (χ4v) is 3.96. The van der Waals surface area contributed by atoms with E-state index in [1.807, 2.05) is 60.4 Å². The van der Waals surface area contributed by atoms with Gasteiger partial charge < -0.3 is 23.8 Å². The maximum atomic E-state index is 13.3. The normalized spacial score (nSPS) is 16.0. The Morgan fingerprint density at radius 2 is 2.00 bits per heavy atom. The first-order chi connectivity index (χ1) is 15.6. The molecule has 0 unspecified atom stereocenters. The smallest absolute Gasteiger partial charge is 0.324 e. The Bertz CT molecular complexity index is 1050. The van der Waals surface area contributed by atoms with Crippen LogP contribution in [0.5, 0.6) is 11.5 Å². The third-order valence-corrected chi connectivity index (χ3v) is 5.66. The summed E-state index contributed by atoms with van der Waals surface area (Å²) in [6.45, 7) is 3.78. The second-order valence-corrected chi connectivity index (χ2v) is 7.71. The van der Waals surface area contributed by atoms with Crippen molar-refractivity contribution >= 4 is 17.6 Å². The first-order valence-electron chi connectivity index (χ1n) is 10.8. The van der Waals surface area contributed by atoms with E-state index in [1.54, 1.807) is 19.1 Å². The van der Waals surface area contributed by atoms with Gasteiger partial charge in [-0.1, -0.05) is 17.3 Å². The molecule has 1 aliphatic heterocycles. The summed E-state index contributed by atoms with van der Waals surface area (Å²) in [7, 11) is 3.43. The molecular formula is C24H28N4O4. The molecule has 2 aromatic carbocycles. The van der Waals surface area contributed by atoms with E-state index in [-0.39, 0.29) is 11.8 Å². The number of anilines is 2. The molecule has 0 aliphatic carbocycles. The number of benzene rings is 2. The predicted molar refractivity (Wildman–Crippen MR) is 122 cm³/mol. The highest BCUT2D eigenvalue weighted by atomic mass is 16.5. The molecule has 0 radical (unpaired) electrons. The Balaban J connectivity index is 1.46. The molecule has 8 nitrogen and oxygen atoms in total. The predicted octanol–water partition coefficient (Wildman–Crippen LogP) is 4.02. The molecule has 1 fully saturated rings. The van der Waals surface area contributed by atoms with Crippen LogP contribution in [0.1, 0.15) is 19.8 Å². The Hall–Kier alpha value is -3.55. The summed E-state index contributed by atoms with van der Waals surface area (Å²) >= 11 is 0. The number of carbonyl (C=O) groups excluding carboxylic acids is 1. The van der Waals surface area contributed by atoms with E-state index in [0.29, 0.717) is 30.7 Å². The van der Waals surface area contributed by atoms with Crippen molar-refractivity contribution in [1.82, 2.24) is 10.1 Å². The van der Waals surface area contributed by atoms with Crippen molar-refractivity contribution in [2.75, 3.05) is 43.7 Å². The van der Waals surface area contributed by atoms with Crippen LogP contribution >= 0.6 is 0 Å². The van der Waals surface area contributed by atoms with Crippen molar-refractivity contribution in [3.8, 4) is 22.9 Å². The van der Waals surface area contributed by atoms with Gasteiger partial charge >= 0.3 is 6.01 Å². The first-order valence-corrected chi connectivity index (χ1v) is 10.8. The van der Waals surface area contributed by atoms with Gasteiger partial charge in [0.05, 0.1) is 25.3 Å². The van der Waals surface area contributed by atoms with Crippen LogP contribution in [-0.2, 0) is 4.79 Å². The number of ether oxygens (including phenoxy) is 2. The fourth-order valence-electron chi connectivity index (χ4n) is 3.96. The number of aromatic nitrogens is 2. The number of rotatable bonds is 7. The van der Waals surface area contributed by atoms with Crippen LogP contribution in [0.25, 0.3) is 11.4 Å². The van der Waals surface area contributed by atoms with Gasteiger partial charge in [-0.25, -0.2) is 0 Å². The molecule has 1 saturated heterocycles. The minimum atomic E-state index is -0.167. The van der Waals surface area contributed by atoms with E-state index in [0.717, 1.165) is 36.4 Å². The summed E-state index contributed by atoms with van der Waals surface area (Å²) in [4.78, 5) is 21.5. The monoisotopic (exact) mass is 436 g/mol. The molecule has 3 aromatic rings. The molecule has 0 saturated carbocycles. The molecule has 0 spiro atoms. The van der Waals surface area contributed by atoms with E-state index in [9.17, 15) is 4.79 Å². The Morgan fingerprint density at radius 3 is 2.75 bits per heavy atom. The SMILES string of the molecule is CCOc1ccccc1N(C)C(=O)[C@@H]1CCCN(c2nc(-c3ccc(OC)cc3)no2)C1. The second-order valence-electron chi connectivity index (χ2n) is 7.71. The first kappa shape index (κ1) is 21.7. The molecule has 1 amide bonds. The third kappa shape index (κ3) is 4.54. The molecule has 32 heavy (non-hydrogen) atoms. The summed E-state index contributed by atoms with van der Waals surface area (Å²) in [6.07, 6.45) is 1.69. The number of nitrogens with zero attached hydrogens (tertiary/aromatic N) is 4. The highest BCUT2D eigenvalue weighted by molar-refractivity contribution is 5.96. The van der Waals surface area contributed by atoms with Crippen LogP contribution in [0.15, 0.2) is 53.1 Å². The van der Waals surface area contributed by atoms with E-state index >= 15 is 0 Å². The number of para-hydroxylation sites is 2. The lowest BCUT2D eigenvalue weighted by atomic mass is 9.96. The van der Waals surface area contributed by atoms with Crippen molar-refractivity contribution in [1.29, 1.82) is 0 Å². The topological polar surface area (TPSA) is 80.9 Å². The molecule has 4 rings (SSSR count).